The van der Waals surface area contributed by atoms with Crippen molar-refractivity contribution < 1.29 is 18.8 Å². The first-order chi connectivity index (χ1) is 18.4. The molecule has 1 aliphatic rings. The van der Waals surface area contributed by atoms with Crippen LogP contribution in [0.25, 0.3) is 10.9 Å². The zero-order valence-corrected chi connectivity index (χ0v) is 28.2. The van der Waals surface area contributed by atoms with Crippen LogP contribution >= 0.6 is 11.6 Å². The standard InChI is InChI=1S/C33H48ClNO4Si/c1-20(2)26-18-28(34)33(12,19-38-40(21(3)4,22(5)6)23(7)8)29(30(26)36)25-14-13-15-27-24(25)16-17-35(27)31(37)39-32(9,10)11/h13-18,21-23,29H,19H2,1-12H3/t29-,33-/m1/s1. The molecule has 7 heteroatoms. The average Bonchev–Trinajstić information content (AvgIpc) is 3.25. The summed E-state index contributed by atoms with van der Waals surface area (Å²) in [5, 5.41) is 1.45. The molecule has 0 amide bonds. The van der Waals surface area contributed by atoms with Crippen LogP contribution in [0.2, 0.25) is 16.6 Å². The Hall–Kier alpha value is -2.15. The summed E-state index contributed by atoms with van der Waals surface area (Å²) in [7, 11) is -2.24. The summed E-state index contributed by atoms with van der Waals surface area (Å²) in [6.45, 7) is 25.4. The van der Waals surface area contributed by atoms with Crippen molar-refractivity contribution in [2.45, 2.75) is 111 Å². The Morgan fingerprint density at radius 2 is 1.62 bits per heavy atom. The van der Waals surface area contributed by atoms with Crippen LogP contribution in [0.15, 0.2) is 52.7 Å². The summed E-state index contributed by atoms with van der Waals surface area (Å²) in [5.41, 5.74) is 2.88. The Morgan fingerprint density at radius 3 is 2.12 bits per heavy atom. The molecule has 40 heavy (non-hydrogen) atoms. The molecular formula is C33H48ClNO4Si. The van der Waals surface area contributed by atoms with Crippen molar-refractivity contribution in [3.8, 4) is 0 Å². The summed E-state index contributed by atoms with van der Waals surface area (Å²) < 4.78 is 14.3. The first-order valence-corrected chi connectivity index (χ1v) is 17.0. The van der Waals surface area contributed by atoms with Crippen molar-refractivity contribution >= 4 is 42.7 Å². The fraction of sp³-hybridized carbons (Fsp3) is 0.576. The van der Waals surface area contributed by atoms with Gasteiger partial charge >= 0.3 is 6.09 Å². The molecule has 5 nitrogen and oxygen atoms in total. The van der Waals surface area contributed by atoms with Crippen LogP contribution in [0.3, 0.4) is 0 Å². The number of ether oxygens (including phenoxy) is 1. The Balaban J connectivity index is 2.22. The highest BCUT2D eigenvalue weighted by molar-refractivity contribution is 6.77. The second-order valence-electron chi connectivity index (χ2n) is 13.7. The molecule has 0 saturated heterocycles. The number of hydrogen-bond donors (Lipinski definition) is 0. The Morgan fingerprint density at radius 1 is 1.05 bits per heavy atom. The van der Waals surface area contributed by atoms with Gasteiger partial charge in [-0.2, -0.15) is 0 Å². The van der Waals surface area contributed by atoms with Crippen LogP contribution in [0.4, 0.5) is 4.79 Å². The molecule has 220 valence electrons. The lowest BCUT2D eigenvalue weighted by molar-refractivity contribution is -0.119. The first kappa shape index (κ1) is 32.4. The van der Waals surface area contributed by atoms with Gasteiger partial charge in [-0.3, -0.25) is 9.36 Å². The molecule has 3 rings (SSSR count). The maximum atomic E-state index is 14.3. The summed E-state index contributed by atoms with van der Waals surface area (Å²) in [4.78, 5) is 27.4. The van der Waals surface area contributed by atoms with Gasteiger partial charge in [0, 0.05) is 34.2 Å². The van der Waals surface area contributed by atoms with Crippen LogP contribution in [0.5, 0.6) is 0 Å². The Bertz CT molecular complexity index is 1320. The lowest BCUT2D eigenvalue weighted by atomic mass is 9.65. The van der Waals surface area contributed by atoms with Gasteiger partial charge in [-0.15, -0.1) is 0 Å². The summed E-state index contributed by atoms with van der Waals surface area (Å²) in [6, 6.07) is 7.67. The highest BCUT2D eigenvalue weighted by Gasteiger charge is 2.51. The van der Waals surface area contributed by atoms with Crippen molar-refractivity contribution in [3.05, 3.63) is 58.3 Å². The van der Waals surface area contributed by atoms with Crippen molar-refractivity contribution in [2.24, 2.45) is 5.41 Å². The van der Waals surface area contributed by atoms with E-state index < -0.39 is 31.3 Å². The van der Waals surface area contributed by atoms with Crippen molar-refractivity contribution in [3.63, 3.8) is 0 Å². The van der Waals surface area contributed by atoms with E-state index in [0.29, 0.717) is 39.4 Å². The van der Waals surface area contributed by atoms with Crippen molar-refractivity contribution in [2.75, 3.05) is 6.61 Å². The topological polar surface area (TPSA) is 57.5 Å². The molecule has 1 aliphatic carbocycles. The largest absolute Gasteiger partial charge is 0.443 e. The fourth-order valence-corrected chi connectivity index (χ4v) is 12.5. The number of rotatable bonds is 7. The number of fused-ring (bicyclic) bond motifs is 1. The number of ketones is 1. The van der Waals surface area contributed by atoms with E-state index in [1.807, 2.05) is 65.0 Å². The molecule has 0 bridgehead atoms. The molecule has 0 unspecified atom stereocenters. The third kappa shape index (κ3) is 5.77. The zero-order chi connectivity index (χ0) is 30.4. The van der Waals surface area contributed by atoms with E-state index in [9.17, 15) is 9.59 Å². The maximum Gasteiger partial charge on any atom is 0.418 e. The van der Waals surface area contributed by atoms with Gasteiger partial charge in [0.25, 0.3) is 0 Å². The van der Waals surface area contributed by atoms with Gasteiger partial charge in [-0.1, -0.05) is 77.8 Å². The highest BCUT2D eigenvalue weighted by atomic mass is 35.5. The predicted molar refractivity (Wildman–Crippen MR) is 169 cm³/mol. The van der Waals surface area contributed by atoms with Gasteiger partial charge in [0.1, 0.15) is 5.60 Å². The molecule has 1 heterocycles. The van der Waals surface area contributed by atoms with Gasteiger partial charge < -0.3 is 9.16 Å². The number of aromatic nitrogens is 1. The van der Waals surface area contributed by atoms with Gasteiger partial charge in [0.05, 0.1) is 11.4 Å². The van der Waals surface area contributed by atoms with Crippen molar-refractivity contribution in [1.82, 2.24) is 4.57 Å². The molecule has 0 aliphatic heterocycles. The normalized spacial score (nSPS) is 20.6. The van der Waals surface area contributed by atoms with E-state index in [4.69, 9.17) is 20.8 Å². The van der Waals surface area contributed by atoms with E-state index in [-0.39, 0.29) is 5.78 Å². The molecule has 0 spiro atoms. The van der Waals surface area contributed by atoms with Crippen LogP contribution < -0.4 is 0 Å². The molecular weight excluding hydrogens is 538 g/mol. The van der Waals surface area contributed by atoms with Crippen LogP contribution in [-0.4, -0.2) is 37.0 Å². The van der Waals surface area contributed by atoms with E-state index in [1.54, 1.807) is 6.20 Å². The number of nitrogens with zero attached hydrogens (tertiary/aromatic N) is 1. The lowest BCUT2D eigenvalue weighted by Crippen LogP contribution is -2.51. The van der Waals surface area contributed by atoms with Gasteiger partial charge in [0.15, 0.2) is 14.1 Å². The minimum atomic E-state index is -2.24. The molecule has 0 saturated carbocycles. The molecule has 2 atom stereocenters. The van der Waals surface area contributed by atoms with Crippen LogP contribution in [-0.2, 0) is 14.0 Å². The van der Waals surface area contributed by atoms with Gasteiger partial charge in [-0.25, -0.2) is 4.79 Å². The number of carbonyl (C=O) groups is 2. The summed E-state index contributed by atoms with van der Waals surface area (Å²) in [5.74, 6) is -0.551. The quantitative estimate of drug-likeness (QED) is 0.240. The first-order valence-electron chi connectivity index (χ1n) is 14.4. The van der Waals surface area contributed by atoms with Gasteiger partial charge in [0.2, 0.25) is 0 Å². The SMILES string of the molecule is CC(C)=C1C=C(Cl)[C@@](C)(CO[Si](C(C)C)(C(C)C)C(C)C)[C@H](c2cccc3c2ccn3C(=O)OC(C)(C)C)C1=O. The van der Waals surface area contributed by atoms with Gasteiger partial charge in [-0.05, 0) is 75.0 Å². The predicted octanol–water partition coefficient (Wildman–Crippen LogP) is 9.75. The molecule has 0 radical (unpaired) electrons. The van der Waals surface area contributed by atoms with E-state index in [1.165, 1.54) is 4.57 Å². The average molecular weight is 586 g/mol. The summed E-state index contributed by atoms with van der Waals surface area (Å²) in [6.07, 6.45) is 3.11. The number of allylic oxidation sites excluding steroid dienone is 3. The zero-order valence-electron chi connectivity index (χ0n) is 26.4. The molecule has 1 aromatic heterocycles. The van der Waals surface area contributed by atoms with Crippen molar-refractivity contribution in [1.29, 1.82) is 0 Å². The van der Waals surface area contributed by atoms with Crippen LogP contribution in [0, 0.1) is 5.41 Å². The Kier molecular flexibility index (Phi) is 9.40. The number of Topliss-reactive ketones (excluding diaryl/α,β-unsaturated/α-hetero) is 1. The third-order valence-electron chi connectivity index (χ3n) is 8.52. The third-order valence-corrected chi connectivity index (χ3v) is 15.1. The minimum Gasteiger partial charge on any atom is -0.443 e. The van der Waals surface area contributed by atoms with E-state index in [0.717, 1.165) is 16.5 Å². The monoisotopic (exact) mass is 585 g/mol. The molecule has 2 aromatic rings. The molecule has 0 fully saturated rings. The second-order valence-corrected chi connectivity index (χ2v) is 19.5. The number of benzene rings is 1. The maximum absolute atomic E-state index is 14.3. The fourth-order valence-electron chi connectivity index (χ4n) is 6.66. The lowest BCUT2D eigenvalue weighted by Gasteiger charge is -2.47. The number of carbonyl (C=O) groups excluding carboxylic acids is 2. The van der Waals surface area contributed by atoms with Crippen LogP contribution in [0.1, 0.15) is 94.6 Å². The second kappa shape index (κ2) is 11.6. The van der Waals surface area contributed by atoms with E-state index >= 15 is 0 Å². The molecule has 1 aromatic carbocycles. The van der Waals surface area contributed by atoms with E-state index in [2.05, 4.69) is 48.5 Å². The number of hydrogen-bond acceptors (Lipinski definition) is 4. The highest BCUT2D eigenvalue weighted by Crippen LogP contribution is 2.53. The minimum absolute atomic E-state index is 0.0268. The Labute approximate surface area is 247 Å². The summed E-state index contributed by atoms with van der Waals surface area (Å²) >= 11 is 7.15. The molecule has 0 N–H and O–H groups in total. The number of halogens is 1. The smallest absolute Gasteiger partial charge is 0.418 e.